The van der Waals surface area contributed by atoms with Crippen molar-refractivity contribution >= 4 is 0 Å². The van der Waals surface area contributed by atoms with E-state index in [0.29, 0.717) is 5.69 Å². The molecule has 0 atom stereocenters. The van der Waals surface area contributed by atoms with Crippen LogP contribution in [0.25, 0.3) is 11.4 Å². The molecule has 0 bridgehead atoms. The fraction of sp³-hybridized carbons (Fsp3) is 0.129. The number of aliphatic hydroxyl groups is 1. The van der Waals surface area contributed by atoms with Crippen LogP contribution in [-0.2, 0) is 12.1 Å². The third-order valence-electron chi connectivity index (χ3n) is 6.70. The number of aromatic nitrogens is 2. The van der Waals surface area contributed by atoms with Gasteiger partial charge in [-0.05, 0) is 41.7 Å². The Morgan fingerprint density at radius 3 is 1.65 bits per heavy atom. The molecule has 0 radical (unpaired) electrons. The van der Waals surface area contributed by atoms with Crippen LogP contribution in [0.4, 0.5) is 0 Å². The minimum Gasteiger partial charge on any atom is -0.390 e. The molecule has 0 amide bonds. The van der Waals surface area contributed by atoms with Crippen LogP contribution < -0.4 is 0 Å². The normalized spacial score (nSPS) is 11.5. The van der Waals surface area contributed by atoms with Crippen molar-refractivity contribution in [3.05, 3.63) is 149 Å². The maximum atomic E-state index is 10.1. The SMILES string of the molecule is Cc1cccc(-c2nc(CO)cn2C(c2ccccc2)(c2ccccc2)c2ccccc2)c1C. The molecule has 1 heterocycles. The summed E-state index contributed by atoms with van der Waals surface area (Å²) in [7, 11) is 0. The van der Waals surface area contributed by atoms with Gasteiger partial charge in [0.1, 0.15) is 11.4 Å². The molecule has 1 N–H and O–H groups in total. The number of nitrogens with zero attached hydrogens (tertiary/aromatic N) is 2. The van der Waals surface area contributed by atoms with Gasteiger partial charge in [0.15, 0.2) is 0 Å². The van der Waals surface area contributed by atoms with Crippen LogP contribution in [0.3, 0.4) is 0 Å². The fourth-order valence-electron chi connectivity index (χ4n) is 4.90. The standard InChI is InChI=1S/C31H28N2O/c1-23-13-12-20-29(24(23)2)30-32-28(22-34)21-33(30)31(25-14-6-3-7-15-25,26-16-8-4-9-17-26)27-18-10-5-11-19-27/h3-21,34H,22H2,1-2H3. The zero-order chi connectivity index (χ0) is 23.5. The number of benzene rings is 4. The summed E-state index contributed by atoms with van der Waals surface area (Å²) in [5.74, 6) is 0.835. The van der Waals surface area contributed by atoms with Gasteiger partial charge in [-0.1, -0.05) is 109 Å². The van der Waals surface area contributed by atoms with E-state index in [9.17, 15) is 5.11 Å². The smallest absolute Gasteiger partial charge is 0.141 e. The first-order valence-corrected chi connectivity index (χ1v) is 11.6. The number of aryl methyl sites for hydroxylation is 1. The van der Waals surface area contributed by atoms with E-state index in [1.165, 1.54) is 11.1 Å². The van der Waals surface area contributed by atoms with Crippen LogP contribution in [-0.4, -0.2) is 14.7 Å². The molecule has 3 heteroatoms. The highest BCUT2D eigenvalue weighted by molar-refractivity contribution is 5.65. The van der Waals surface area contributed by atoms with Crippen LogP contribution >= 0.6 is 0 Å². The van der Waals surface area contributed by atoms with Gasteiger partial charge in [0, 0.05) is 11.8 Å². The van der Waals surface area contributed by atoms with E-state index < -0.39 is 5.54 Å². The molecule has 0 fully saturated rings. The Labute approximate surface area is 201 Å². The summed E-state index contributed by atoms with van der Waals surface area (Å²) in [6.07, 6.45) is 2.00. The van der Waals surface area contributed by atoms with Crippen molar-refractivity contribution < 1.29 is 5.11 Å². The van der Waals surface area contributed by atoms with Crippen LogP contribution in [0.5, 0.6) is 0 Å². The Morgan fingerprint density at radius 2 is 1.18 bits per heavy atom. The summed E-state index contributed by atoms with van der Waals surface area (Å²) in [5.41, 5.74) is 6.79. The van der Waals surface area contributed by atoms with Gasteiger partial charge < -0.3 is 9.67 Å². The second kappa shape index (κ2) is 9.12. The van der Waals surface area contributed by atoms with Crippen LogP contribution in [0.1, 0.15) is 33.5 Å². The second-order valence-corrected chi connectivity index (χ2v) is 8.64. The van der Waals surface area contributed by atoms with Gasteiger partial charge in [-0.3, -0.25) is 0 Å². The van der Waals surface area contributed by atoms with Crippen molar-refractivity contribution in [2.75, 3.05) is 0 Å². The number of aliphatic hydroxyl groups excluding tert-OH is 1. The summed E-state index contributed by atoms with van der Waals surface area (Å²) in [5, 5.41) is 10.1. The van der Waals surface area contributed by atoms with Crippen molar-refractivity contribution in [1.82, 2.24) is 9.55 Å². The van der Waals surface area contributed by atoms with Gasteiger partial charge in [-0.15, -0.1) is 0 Å². The molecule has 0 aliphatic heterocycles. The average Bonchev–Trinajstić information content (AvgIpc) is 3.33. The summed E-state index contributed by atoms with van der Waals surface area (Å²) in [4.78, 5) is 4.96. The monoisotopic (exact) mass is 444 g/mol. The van der Waals surface area contributed by atoms with Crippen molar-refractivity contribution in [2.24, 2.45) is 0 Å². The quantitative estimate of drug-likeness (QED) is 0.304. The van der Waals surface area contributed by atoms with Gasteiger partial charge >= 0.3 is 0 Å². The Hall–Kier alpha value is -3.95. The second-order valence-electron chi connectivity index (χ2n) is 8.64. The Balaban J connectivity index is 1.96. The molecule has 34 heavy (non-hydrogen) atoms. The Kier molecular flexibility index (Phi) is 5.87. The highest BCUT2D eigenvalue weighted by atomic mass is 16.3. The molecule has 0 unspecified atom stereocenters. The average molecular weight is 445 g/mol. The van der Waals surface area contributed by atoms with Crippen molar-refractivity contribution in [1.29, 1.82) is 0 Å². The first-order valence-electron chi connectivity index (χ1n) is 11.6. The molecule has 0 saturated heterocycles. The predicted octanol–water partition coefficient (Wildman–Crippen LogP) is 6.50. The summed E-state index contributed by atoms with van der Waals surface area (Å²) < 4.78 is 2.25. The van der Waals surface area contributed by atoms with Gasteiger partial charge in [-0.25, -0.2) is 4.98 Å². The van der Waals surface area contributed by atoms with E-state index in [1.807, 2.05) is 24.4 Å². The Morgan fingerprint density at radius 1 is 0.676 bits per heavy atom. The third kappa shape index (κ3) is 3.55. The zero-order valence-electron chi connectivity index (χ0n) is 19.5. The molecule has 0 saturated carbocycles. The lowest BCUT2D eigenvalue weighted by atomic mass is 9.76. The van der Waals surface area contributed by atoms with E-state index >= 15 is 0 Å². The minimum atomic E-state index is -0.685. The molecule has 168 valence electrons. The lowest BCUT2D eigenvalue weighted by Crippen LogP contribution is -2.38. The number of hydrogen-bond acceptors (Lipinski definition) is 2. The van der Waals surface area contributed by atoms with Gasteiger partial charge in [-0.2, -0.15) is 0 Å². The molecular weight excluding hydrogens is 416 g/mol. The fourth-order valence-corrected chi connectivity index (χ4v) is 4.90. The molecule has 0 aliphatic carbocycles. The summed E-state index contributed by atoms with van der Waals surface area (Å²) >= 11 is 0. The number of imidazole rings is 1. The highest BCUT2D eigenvalue weighted by Gasteiger charge is 2.40. The summed E-state index contributed by atoms with van der Waals surface area (Å²) in [6, 6.07) is 38.0. The molecule has 5 aromatic rings. The van der Waals surface area contributed by atoms with E-state index in [4.69, 9.17) is 4.98 Å². The van der Waals surface area contributed by atoms with E-state index in [0.717, 1.165) is 28.1 Å². The molecule has 5 rings (SSSR count). The topological polar surface area (TPSA) is 38.1 Å². The van der Waals surface area contributed by atoms with Crippen molar-refractivity contribution in [2.45, 2.75) is 26.0 Å². The molecule has 3 nitrogen and oxygen atoms in total. The van der Waals surface area contributed by atoms with Crippen LogP contribution in [0, 0.1) is 13.8 Å². The third-order valence-corrected chi connectivity index (χ3v) is 6.70. The molecule has 1 aromatic heterocycles. The first-order chi connectivity index (χ1) is 16.7. The molecular formula is C31H28N2O. The van der Waals surface area contributed by atoms with E-state index in [-0.39, 0.29) is 6.61 Å². The minimum absolute atomic E-state index is 0.126. The number of hydrogen-bond donors (Lipinski definition) is 1. The largest absolute Gasteiger partial charge is 0.390 e. The van der Waals surface area contributed by atoms with Gasteiger partial charge in [0.25, 0.3) is 0 Å². The maximum Gasteiger partial charge on any atom is 0.141 e. The lowest BCUT2D eigenvalue weighted by molar-refractivity contribution is 0.277. The van der Waals surface area contributed by atoms with Gasteiger partial charge in [0.05, 0.1) is 12.3 Å². The van der Waals surface area contributed by atoms with Crippen molar-refractivity contribution in [3.8, 4) is 11.4 Å². The number of rotatable bonds is 6. The highest BCUT2D eigenvalue weighted by Crippen LogP contribution is 2.43. The lowest BCUT2D eigenvalue weighted by Gasteiger charge is -2.38. The van der Waals surface area contributed by atoms with E-state index in [2.05, 4.69) is 109 Å². The van der Waals surface area contributed by atoms with Crippen LogP contribution in [0.2, 0.25) is 0 Å². The molecule has 4 aromatic carbocycles. The maximum absolute atomic E-state index is 10.1. The molecule has 0 spiro atoms. The van der Waals surface area contributed by atoms with Gasteiger partial charge in [0.2, 0.25) is 0 Å². The predicted molar refractivity (Wildman–Crippen MR) is 138 cm³/mol. The van der Waals surface area contributed by atoms with E-state index in [1.54, 1.807) is 0 Å². The summed E-state index contributed by atoms with van der Waals surface area (Å²) in [6.45, 7) is 4.13. The molecule has 0 aliphatic rings. The zero-order valence-corrected chi connectivity index (χ0v) is 19.5. The Bertz CT molecular complexity index is 1290. The van der Waals surface area contributed by atoms with Crippen LogP contribution in [0.15, 0.2) is 115 Å². The first kappa shape index (κ1) is 21.9. The van der Waals surface area contributed by atoms with Crippen molar-refractivity contribution in [3.63, 3.8) is 0 Å².